The Morgan fingerprint density at radius 2 is 1.95 bits per heavy atom. The van der Waals surface area contributed by atoms with Gasteiger partial charge in [-0.3, -0.25) is 10.1 Å². The first kappa shape index (κ1) is 15.1. The highest BCUT2D eigenvalue weighted by Crippen LogP contribution is 2.33. The van der Waals surface area contributed by atoms with Gasteiger partial charge in [0, 0.05) is 31.5 Å². The number of hydrogen-bond donors (Lipinski definition) is 1. The Kier molecular flexibility index (Phi) is 4.18. The Hall–Kier alpha value is -1.85. The molecule has 2 aromatic carbocycles. The molecule has 0 saturated carbocycles. The van der Waals surface area contributed by atoms with Crippen molar-refractivity contribution in [3.8, 4) is 0 Å². The number of benzene rings is 2. The Morgan fingerprint density at radius 3 is 2.64 bits per heavy atom. The normalized spacial score (nSPS) is 12.5. The van der Waals surface area contributed by atoms with Gasteiger partial charge in [-0.2, -0.15) is 0 Å². The van der Waals surface area contributed by atoms with E-state index in [1.54, 1.807) is 12.1 Å². The number of H-pyrrole nitrogens is 1. The second-order valence-electron chi connectivity index (χ2n) is 5.05. The van der Waals surface area contributed by atoms with Gasteiger partial charge in [0.1, 0.15) is 0 Å². The van der Waals surface area contributed by atoms with Crippen LogP contribution >= 0.6 is 27.5 Å². The molecule has 0 amide bonds. The predicted octanol–water partition coefficient (Wildman–Crippen LogP) is 4.99. The van der Waals surface area contributed by atoms with E-state index in [4.69, 9.17) is 11.6 Å². The maximum Gasteiger partial charge on any atom is 0.214 e. The average Bonchev–Trinajstić information content (AvgIpc) is 2.88. The van der Waals surface area contributed by atoms with Crippen LogP contribution in [0, 0.1) is 10.1 Å². The van der Waals surface area contributed by atoms with E-state index >= 15 is 0 Å². The summed E-state index contributed by atoms with van der Waals surface area (Å²) in [6, 6.07) is 13.1. The zero-order valence-electron chi connectivity index (χ0n) is 11.4. The molecule has 3 rings (SSSR count). The summed E-state index contributed by atoms with van der Waals surface area (Å²) in [6.07, 6.45) is 1.85. The van der Waals surface area contributed by atoms with Crippen molar-refractivity contribution >= 4 is 38.4 Å². The van der Waals surface area contributed by atoms with Gasteiger partial charge in [-0.25, -0.2) is 0 Å². The molecule has 1 aromatic heterocycles. The van der Waals surface area contributed by atoms with Crippen molar-refractivity contribution in [1.82, 2.24) is 4.98 Å². The topological polar surface area (TPSA) is 58.9 Å². The molecule has 4 nitrogen and oxygen atoms in total. The van der Waals surface area contributed by atoms with Gasteiger partial charge in [-0.15, -0.1) is 0 Å². The van der Waals surface area contributed by atoms with E-state index in [1.165, 1.54) is 0 Å². The molecule has 0 aliphatic carbocycles. The molecule has 0 spiro atoms. The fraction of sp³-hybridized carbons (Fsp3) is 0.125. The molecule has 3 aromatic rings. The lowest BCUT2D eigenvalue weighted by Gasteiger charge is -2.13. The predicted molar refractivity (Wildman–Crippen MR) is 91.2 cm³/mol. The maximum absolute atomic E-state index is 11.1. The number of fused-ring (bicyclic) bond motifs is 1. The zero-order chi connectivity index (χ0) is 15.7. The zero-order valence-corrected chi connectivity index (χ0v) is 13.8. The van der Waals surface area contributed by atoms with Crippen LogP contribution in [-0.2, 0) is 0 Å². The van der Waals surface area contributed by atoms with Crippen LogP contribution in [0.2, 0.25) is 5.02 Å². The van der Waals surface area contributed by atoms with Gasteiger partial charge in [0.25, 0.3) is 0 Å². The van der Waals surface area contributed by atoms with Gasteiger partial charge in [-0.1, -0.05) is 39.7 Å². The van der Waals surface area contributed by atoms with Crippen LogP contribution in [0.15, 0.2) is 53.1 Å². The molecule has 0 unspecified atom stereocenters. The van der Waals surface area contributed by atoms with Crippen LogP contribution in [0.3, 0.4) is 0 Å². The Labute approximate surface area is 140 Å². The summed E-state index contributed by atoms with van der Waals surface area (Å²) in [5.74, 6) is -0.324. The molecule has 1 heterocycles. The minimum atomic E-state index is -0.324. The molecule has 0 aliphatic rings. The molecule has 0 bridgehead atoms. The van der Waals surface area contributed by atoms with Gasteiger partial charge >= 0.3 is 0 Å². The summed E-state index contributed by atoms with van der Waals surface area (Å²) < 4.78 is 0.941. The molecule has 22 heavy (non-hydrogen) atoms. The lowest BCUT2D eigenvalue weighted by molar-refractivity contribution is -0.481. The monoisotopic (exact) mass is 378 g/mol. The van der Waals surface area contributed by atoms with Crippen LogP contribution in [0.5, 0.6) is 0 Å². The first-order chi connectivity index (χ1) is 10.5. The van der Waals surface area contributed by atoms with Crippen molar-refractivity contribution in [3.63, 3.8) is 0 Å². The maximum atomic E-state index is 11.1. The molecule has 1 N–H and O–H groups in total. The number of halogens is 2. The Bertz CT molecular complexity index is 830. The number of aromatic amines is 1. The SMILES string of the molecule is O=[N+]([O-])C[C@@H](c1ccc(Cl)cc1)c1c[nH]c2ccc(Br)cc12. The number of aromatic nitrogens is 1. The van der Waals surface area contributed by atoms with Crippen LogP contribution in [0.25, 0.3) is 10.9 Å². The summed E-state index contributed by atoms with van der Waals surface area (Å²) in [5.41, 5.74) is 2.75. The highest BCUT2D eigenvalue weighted by Gasteiger charge is 2.23. The third kappa shape index (κ3) is 3.00. The van der Waals surface area contributed by atoms with Crippen molar-refractivity contribution in [1.29, 1.82) is 0 Å². The molecule has 1 atom stereocenters. The van der Waals surface area contributed by atoms with Crippen molar-refractivity contribution in [2.24, 2.45) is 0 Å². The van der Waals surface area contributed by atoms with E-state index < -0.39 is 0 Å². The first-order valence-electron chi connectivity index (χ1n) is 6.68. The fourth-order valence-corrected chi connectivity index (χ4v) is 3.12. The number of hydrogen-bond acceptors (Lipinski definition) is 2. The fourth-order valence-electron chi connectivity index (χ4n) is 2.63. The second-order valence-corrected chi connectivity index (χ2v) is 6.41. The van der Waals surface area contributed by atoms with Crippen LogP contribution < -0.4 is 0 Å². The van der Waals surface area contributed by atoms with Crippen molar-refractivity contribution in [2.45, 2.75) is 5.92 Å². The van der Waals surface area contributed by atoms with E-state index in [2.05, 4.69) is 20.9 Å². The molecular formula is C16H12BrClN2O2. The Morgan fingerprint density at radius 1 is 1.23 bits per heavy atom. The molecule has 0 fully saturated rings. The van der Waals surface area contributed by atoms with E-state index in [-0.39, 0.29) is 17.4 Å². The van der Waals surface area contributed by atoms with Gasteiger partial charge in [-0.05, 0) is 41.5 Å². The number of rotatable bonds is 4. The number of nitro groups is 1. The van der Waals surface area contributed by atoms with Gasteiger partial charge in [0.2, 0.25) is 6.54 Å². The third-order valence-electron chi connectivity index (χ3n) is 3.66. The summed E-state index contributed by atoms with van der Waals surface area (Å²) in [7, 11) is 0. The average molecular weight is 380 g/mol. The van der Waals surface area contributed by atoms with Crippen LogP contribution in [0.4, 0.5) is 0 Å². The minimum Gasteiger partial charge on any atom is -0.361 e. The molecule has 0 saturated heterocycles. The van der Waals surface area contributed by atoms with Crippen LogP contribution in [-0.4, -0.2) is 16.5 Å². The van der Waals surface area contributed by atoms with Crippen molar-refractivity contribution < 1.29 is 4.92 Å². The standard InChI is InChI=1S/C16H12BrClN2O2/c17-11-3-6-16-13(7-11)14(8-19-16)15(9-20(21)22)10-1-4-12(18)5-2-10/h1-8,15,19H,9H2/t15-/m0/s1. The van der Waals surface area contributed by atoms with Crippen molar-refractivity contribution in [3.05, 3.63) is 79.4 Å². The second kappa shape index (κ2) is 6.10. The molecular weight excluding hydrogens is 368 g/mol. The highest BCUT2D eigenvalue weighted by molar-refractivity contribution is 9.10. The summed E-state index contributed by atoms with van der Waals surface area (Å²) in [4.78, 5) is 14.0. The summed E-state index contributed by atoms with van der Waals surface area (Å²) in [6.45, 7) is -0.166. The van der Waals surface area contributed by atoms with E-state index in [9.17, 15) is 10.1 Å². The summed E-state index contributed by atoms with van der Waals surface area (Å²) in [5, 5.41) is 12.7. The van der Waals surface area contributed by atoms with Gasteiger partial charge in [0.15, 0.2) is 0 Å². The molecule has 6 heteroatoms. The lowest BCUT2D eigenvalue weighted by atomic mass is 9.91. The first-order valence-corrected chi connectivity index (χ1v) is 7.85. The van der Waals surface area contributed by atoms with Crippen molar-refractivity contribution in [2.75, 3.05) is 6.54 Å². The van der Waals surface area contributed by atoms with E-state index in [1.807, 2.05) is 36.5 Å². The van der Waals surface area contributed by atoms with Gasteiger partial charge in [0.05, 0.1) is 5.92 Å². The van der Waals surface area contributed by atoms with E-state index in [0.717, 1.165) is 26.5 Å². The quantitative estimate of drug-likeness (QED) is 0.512. The molecule has 112 valence electrons. The summed E-state index contributed by atoms with van der Waals surface area (Å²) >= 11 is 9.37. The minimum absolute atomic E-state index is 0.166. The lowest BCUT2D eigenvalue weighted by Crippen LogP contribution is -2.13. The number of nitrogens with one attached hydrogen (secondary N) is 1. The van der Waals surface area contributed by atoms with Crippen LogP contribution in [0.1, 0.15) is 17.0 Å². The smallest absolute Gasteiger partial charge is 0.214 e. The number of nitrogens with zero attached hydrogens (tertiary/aromatic N) is 1. The van der Waals surface area contributed by atoms with E-state index in [0.29, 0.717) is 5.02 Å². The largest absolute Gasteiger partial charge is 0.361 e. The van der Waals surface area contributed by atoms with Gasteiger partial charge < -0.3 is 4.98 Å². The Balaban J connectivity index is 2.13. The highest BCUT2D eigenvalue weighted by atomic mass is 79.9. The molecule has 0 aliphatic heterocycles. The molecule has 0 radical (unpaired) electrons. The third-order valence-corrected chi connectivity index (χ3v) is 4.40.